The molecular formula is C13H9BrCl3N3O4S. The molecule has 0 radical (unpaired) electrons. The zero-order valence-corrected chi connectivity index (χ0v) is 16.8. The van der Waals surface area contributed by atoms with Gasteiger partial charge in [0.05, 0.1) is 9.50 Å². The number of carbonyl (C=O) groups is 1. The maximum absolute atomic E-state index is 12.1. The van der Waals surface area contributed by atoms with Crippen molar-refractivity contribution < 1.29 is 17.9 Å². The van der Waals surface area contributed by atoms with Crippen LogP contribution < -0.4 is 15.0 Å². The summed E-state index contributed by atoms with van der Waals surface area (Å²) in [6, 6.07) is 5.71. The Morgan fingerprint density at radius 3 is 2.60 bits per heavy atom. The van der Waals surface area contributed by atoms with Crippen molar-refractivity contribution in [3.63, 3.8) is 0 Å². The molecule has 1 aromatic heterocycles. The maximum atomic E-state index is 12.1. The third kappa shape index (κ3) is 5.70. The molecule has 0 atom stereocenters. The third-order valence-corrected chi connectivity index (χ3v) is 5.54. The molecule has 0 bridgehead atoms. The van der Waals surface area contributed by atoms with Gasteiger partial charge in [-0.2, -0.15) is 0 Å². The van der Waals surface area contributed by atoms with Crippen LogP contribution in [0.4, 0.5) is 0 Å². The number of nitrogens with one attached hydrogen (secondary N) is 2. The minimum Gasteiger partial charge on any atom is -0.482 e. The van der Waals surface area contributed by atoms with Crippen LogP contribution in [0.15, 0.2) is 39.8 Å². The van der Waals surface area contributed by atoms with Crippen molar-refractivity contribution in [3.8, 4) is 5.75 Å². The number of hydrogen-bond acceptors (Lipinski definition) is 5. The number of hydrogen-bond donors (Lipinski definition) is 2. The first-order chi connectivity index (χ1) is 11.7. The first kappa shape index (κ1) is 20.2. The summed E-state index contributed by atoms with van der Waals surface area (Å²) in [5, 5.41) is 0.742. The predicted octanol–water partition coefficient (Wildman–Crippen LogP) is 3.19. The number of pyridine rings is 1. The summed E-state index contributed by atoms with van der Waals surface area (Å²) in [4.78, 5) is 17.1. The highest BCUT2D eigenvalue weighted by Gasteiger charge is 2.17. The number of aromatic nitrogens is 1. The zero-order chi connectivity index (χ0) is 18.6. The summed E-state index contributed by atoms with van der Waals surface area (Å²) >= 11 is 20.4. The van der Waals surface area contributed by atoms with E-state index in [9.17, 15) is 13.2 Å². The molecule has 0 saturated heterocycles. The van der Waals surface area contributed by atoms with Crippen molar-refractivity contribution in [2.24, 2.45) is 0 Å². The Hall–Kier alpha value is -1.10. The normalized spacial score (nSPS) is 11.2. The Morgan fingerprint density at radius 1 is 1.24 bits per heavy atom. The van der Waals surface area contributed by atoms with E-state index in [1.807, 2.05) is 10.3 Å². The van der Waals surface area contributed by atoms with Crippen LogP contribution in [0.2, 0.25) is 15.2 Å². The number of sulfonamides is 1. The van der Waals surface area contributed by atoms with Gasteiger partial charge in [-0.15, -0.1) is 4.83 Å². The number of ether oxygens (including phenoxy) is 1. The number of benzene rings is 1. The second kappa shape index (κ2) is 8.52. The van der Waals surface area contributed by atoms with Crippen molar-refractivity contribution in [1.29, 1.82) is 0 Å². The van der Waals surface area contributed by atoms with E-state index in [2.05, 4.69) is 20.9 Å². The SMILES string of the molecule is O=C(COc1ccc(Cl)cc1Cl)NNS(=O)(=O)c1cnc(Cl)c(Br)c1. The van der Waals surface area contributed by atoms with Crippen molar-refractivity contribution in [3.05, 3.63) is 50.1 Å². The fourth-order valence-electron chi connectivity index (χ4n) is 1.51. The zero-order valence-electron chi connectivity index (χ0n) is 12.1. The fourth-order valence-corrected chi connectivity index (χ4v) is 3.40. The standard InChI is InChI=1S/C13H9BrCl3N3O4S/c14-9-4-8(5-18-13(9)17)25(22,23)20-19-12(21)6-24-11-2-1-7(15)3-10(11)16/h1-5,20H,6H2,(H,19,21). The van der Waals surface area contributed by atoms with Crippen molar-refractivity contribution in [1.82, 2.24) is 15.2 Å². The lowest BCUT2D eigenvalue weighted by Gasteiger charge is -2.10. The molecule has 1 aromatic carbocycles. The van der Waals surface area contributed by atoms with E-state index in [-0.39, 0.29) is 20.8 Å². The number of hydrazine groups is 1. The van der Waals surface area contributed by atoms with Crippen molar-refractivity contribution >= 4 is 66.7 Å². The predicted molar refractivity (Wildman–Crippen MR) is 97.4 cm³/mol. The quantitative estimate of drug-likeness (QED) is 0.480. The molecule has 0 unspecified atom stereocenters. The van der Waals surface area contributed by atoms with Gasteiger partial charge in [0.2, 0.25) is 0 Å². The number of nitrogens with zero attached hydrogens (tertiary/aromatic N) is 1. The molecule has 7 nitrogen and oxygen atoms in total. The molecule has 2 aromatic rings. The largest absolute Gasteiger partial charge is 0.482 e. The summed E-state index contributed by atoms with van der Waals surface area (Å²) < 4.78 is 29.6. The average Bonchev–Trinajstić information content (AvgIpc) is 2.54. The van der Waals surface area contributed by atoms with Crippen LogP contribution in [0.25, 0.3) is 0 Å². The van der Waals surface area contributed by atoms with Gasteiger partial charge < -0.3 is 4.74 Å². The van der Waals surface area contributed by atoms with Gasteiger partial charge in [-0.1, -0.05) is 34.8 Å². The van der Waals surface area contributed by atoms with Crippen LogP contribution in [-0.2, 0) is 14.8 Å². The van der Waals surface area contributed by atoms with Gasteiger partial charge in [0.25, 0.3) is 15.9 Å². The van der Waals surface area contributed by atoms with Crippen LogP contribution in [0.1, 0.15) is 0 Å². The van der Waals surface area contributed by atoms with E-state index < -0.39 is 22.5 Å². The summed E-state index contributed by atoms with van der Waals surface area (Å²) in [6.45, 7) is -0.466. The molecule has 1 heterocycles. The van der Waals surface area contributed by atoms with Gasteiger partial charge in [0.1, 0.15) is 15.8 Å². The molecule has 0 fully saturated rings. The van der Waals surface area contributed by atoms with Crippen LogP contribution >= 0.6 is 50.7 Å². The molecular weight excluding hydrogens is 480 g/mol. The number of halogens is 4. The molecule has 2 rings (SSSR count). The Bertz CT molecular complexity index is 911. The molecule has 12 heteroatoms. The first-order valence-electron chi connectivity index (χ1n) is 6.38. The summed E-state index contributed by atoms with van der Waals surface area (Å²) in [5.74, 6) is -0.509. The van der Waals surface area contributed by atoms with E-state index >= 15 is 0 Å². The summed E-state index contributed by atoms with van der Waals surface area (Å²) in [5.41, 5.74) is 2.01. The fraction of sp³-hybridized carbons (Fsp3) is 0.0769. The second-order valence-electron chi connectivity index (χ2n) is 4.46. The van der Waals surface area contributed by atoms with Crippen molar-refractivity contribution in [2.75, 3.05) is 6.61 Å². The number of carbonyl (C=O) groups excluding carboxylic acids is 1. The van der Waals surface area contributed by atoms with Crippen LogP contribution in [0.3, 0.4) is 0 Å². The summed E-state index contributed by atoms with van der Waals surface area (Å²) in [7, 11) is -4.02. The highest BCUT2D eigenvalue weighted by molar-refractivity contribution is 9.10. The molecule has 25 heavy (non-hydrogen) atoms. The third-order valence-electron chi connectivity index (χ3n) is 2.66. The lowest BCUT2D eigenvalue weighted by molar-refractivity contribution is -0.123. The van der Waals surface area contributed by atoms with E-state index in [4.69, 9.17) is 39.5 Å². The highest BCUT2D eigenvalue weighted by Crippen LogP contribution is 2.27. The van der Waals surface area contributed by atoms with E-state index in [0.717, 1.165) is 6.20 Å². The van der Waals surface area contributed by atoms with E-state index in [1.54, 1.807) is 0 Å². The Labute approximate surface area is 166 Å². The van der Waals surface area contributed by atoms with Gasteiger partial charge in [-0.25, -0.2) is 13.4 Å². The maximum Gasteiger partial charge on any atom is 0.272 e. The molecule has 1 amide bonds. The molecule has 2 N–H and O–H groups in total. The van der Waals surface area contributed by atoms with E-state index in [0.29, 0.717) is 9.50 Å². The Morgan fingerprint density at radius 2 is 1.96 bits per heavy atom. The van der Waals surface area contributed by atoms with Crippen LogP contribution in [0, 0.1) is 0 Å². The lowest BCUT2D eigenvalue weighted by atomic mass is 10.3. The molecule has 134 valence electrons. The number of rotatable bonds is 6. The molecule has 0 aliphatic heterocycles. The monoisotopic (exact) mass is 487 g/mol. The van der Waals surface area contributed by atoms with Gasteiger partial charge in [0, 0.05) is 11.2 Å². The summed E-state index contributed by atoms with van der Waals surface area (Å²) in [6.07, 6.45) is 1.05. The number of amides is 1. The molecule has 0 aliphatic carbocycles. The minimum absolute atomic E-state index is 0.108. The molecule has 0 aliphatic rings. The Kier molecular flexibility index (Phi) is 6.89. The van der Waals surface area contributed by atoms with E-state index in [1.165, 1.54) is 24.3 Å². The smallest absolute Gasteiger partial charge is 0.272 e. The van der Waals surface area contributed by atoms with Gasteiger partial charge >= 0.3 is 0 Å². The second-order valence-corrected chi connectivity index (χ2v) is 8.20. The topological polar surface area (TPSA) is 97.4 Å². The first-order valence-corrected chi connectivity index (χ1v) is 9.79. The molecule has 0 saturated carbocycles. The highest BCUT2D eigenvalue weighted by atomic mass is 79.9. The van der Waals surface area contributed by atoms with Crippen LogP contribution in [0.5, 0.6) is 5.75 Å². The van der Waals surface area contributed by atoms with Gasteiger partial charge in [-0.05, 0) is 40.2 Å². The Balaban J connectivity index is 1.93. The average molecular weight is 490 g/mol. The van der Waals surface area contributed by atoms with Gasteiger partial charge in [-0.3, -0.25) is 10.2 Å². The minimum atomic E-state index is -4.02. The molecule has 0 spiro atoms. The van der Waals surface area contributed by atoms with Gasteiger partial charge in [0.15, 0.2) is 6.61 Å². The van der Waals surface area contributed by atoms with Crippen molar-refractivity contribution in [2.45, 2.75) is 4.90 Å². The van der Waals surface area contributed by atoms with Crippen LogP contribution in [-0.4, -0.2) is 25.9 Å². The lowest BCUT2D eigenvalue weighted by Crippen LogP contribution is -2.43.